The molecule has 0 unspecified atom stereocenters. The molecule has 140 valence electrons. The van der Waals surface area contributed by atoms with E-state index in [4.69, 9.17) is 4.74 Å². The van der Waals surface area contributed by atoms with Crippen LogP contribution in [0.1, 0.15) is 18.4 Å². The van der Waals surface area contributed by atoms with Crippen LogP contribution in [0.3, 0.4) is 0 Å². The Morgan fingerprint density at radius 2 is 2.04 bits per heavy atom. The summed E-state index contributed by atoms with van der Waals surface area (Å²) in [6.07, 6.45) is 4.90. The third-order valence-corrected chi connectivity index (χ3v) is 5.02. The molecule has 0 atom stereocenters. The zero-order valence-corrected chi connectivity index (χ0v) is 15.2. The van der Waals surface area contributed by atoms with E-state index in [1.54, 1.807) is 19.6 Å². The predicted octanol–water partition coefficient (Wildman–Crippen LogP) is 1.89. The molecule has 2 aromatic heterocycles. The van der Waals surface area contributed by atoms with Gasteiger partial charge in [0.15, 0.2) is 5.65 Å². The van der Waals surface area contributed by atoms with Crippen LogP contribution in [0.4, 0.5) is 5.82 Å². The summed E-state index contributed by atoms with van der Waals surface area (Å²) in [4.78, 5) is 23.3. The van der Waals surface area contributed by atoms with Crippen LogP contribution < -0.4 is 15.0 Å². The highest BCUT2D eigenvalue weighted by Gasteiger charge is 2.26. The van der Waals surface area contributed by atoms with Crippen LogP contribution in [0.5, 0.6) is 5.75 Å². The van der Waals surface area contributed by atoms with Crippen molar-refractivity contribution in [3.63, 3.8) is 0 Å². The number of carbonyl (C=O) groups excluding carboxylic acids is 1. The number of carbonyl (C=O) groups is 1. The Morgan fingerprint density at radius 3 is 2.78 bits per heavy atom. The van der Waals surface area contributed by atoms with Gasteiger partial charge in [-0.1, -0.05) is 12.1 Å². The van der Waals surface area contributed by atoms with Gasteiger partial charge in [0.1, 0.15) is 17.9 Å². The fourth-order valence-electron chi connectivity index (χ4n) is 3.43. The van der Waals surface area contributed by atoms with Crippen LogP contribution in [0.15, 0.2) is 36.8 Å². The number of rotatable bonds is 5. The molecule has 8 heteroatoms. The third-order valence-electron chi connectivity index (χ3n) is 5.02. The molecule has 1 aliphatic heterocycles. The lowest BCUT2D eigenvalue weighted by atomic mass is 9.95. The first-order chi connectivity index (χ1) is 13.2. The number of aromatic nitrogens is 4. The number of nitrogens with zero attached hydrogens (tertiary/aromatic N) is 4. The standard InChI is InChI=1S/C19H22N6O2/c1-27-15-4-2-13(3-5-15)10-20-19(26)14-6-8-25(9-7-14)18-16-11-23-24-17(16)21-12-22-18/h2-5,11-12,14H,6-10H2,1H3,(H,20,26)(H,21,22,23,24). The molecule has 0 aliphatic carbocycles. The zero-order chi connectivity index (χ0) is 18.6. The summed E-state index contributed by atoms with van der Waals surface area (Å²) in [5.41, 5.74) is 1.80. The average molecular weight is 366 g/mol. The number of ether oxygens (including phenoxy) is 1. The number of piperidine rings is 1. The molecule has 4 rings (SSSR count). The van der Waals surface area contributed by atoms with E-state index >= 15 is 0 Å². The number of hydrogen-bond acceptors (Lipinski definition) is 6. The zero-order valence-electron chi connectivity index (χ0n) is 15.2. The summed E-state index contributed by atoms with van der Waals surface area (Å²) in [5, 5.41) is 10.9. The Bertz CT molecular complexity index is 915. The molecule has 1 fully saturated rings. The second-order valence-electron chi connectivity index (χ2n) is 6.66. The van der Waals surface area contributed by atoms with Gasteiger partial charge in [-0.3, -0.25) is 9.89 Å². The second kappa shape index (κ2) is 7.61. The van der Waals surface area contributed by atoms with Gasteiger partial charge in [-0.05, 0) is 30.5 Å². The molecule has 8 nitrogen and oxygen atoms in total. The van der Waals surface area contributed by atoms with Gasteiger partial charge in [-0.2, -0.15) is 5.10 Å². The van der Waals surface area contributed by atoms with Gasteiger partial charge in [0.2, 0.25) is 5.91 Å². The van der Waals surface area contributed by atoms with E-state index in [1.165, 1.54) is 0 Å². The number of H-pyrrole nitrogens is 1. The highest BCUT2D eigenvalue weighted by Crippen LogP contribution is 2.26. The van der Waals surface area contributed by atoms with Crippen LogP contribution in [0.25, 0.3) is 11.0 Å². The van der Waals surface area contributed by atoms with Crippen molar-refractivity contribution in [2.24, 2.45) is 5.92 Å². The summed E-state index contributed by atoms with van der Waals surface area (Å²) in [6, 6.07) is 7.73. The van der Waals surface area contributed by atoms with Crippen LogP contribution in [0, 0.1) is 5.92 Å². The fourth-order valence-corrected chi connectivity index (χ4v) is 3.43. The quantitative estimate of drug-likeness (QED) is 0.716. The fraction of sp³-hybridized carbons (Fsp3) is 0.368. The highest BCUT2D eigenvalue weighted by molar-refractivity contribution is 5.86. The van der Waals surface area contributed by atoms with Crippen molar-refractivity contribution in [3.8, 4) is 5.75 Å². The number of benzene rings is 1. The van der Waals surface area contributed by atoms with Crippen LogP contribution >= 0.6 is 0 Å². The first-order valence-electron chi connectivity index (χ1n) is 9.04. The number of amides is 1. The van der Waals surface area contributed by atoms with Gasteiger partial charge in [0.05, 0.1) is 18.7 Å². The molecule has 1 aromatic carbocycles. The Labute approximate surface area is 157 Å². The normalized spacial score (nSPS) is 15.1. The number of aromatic amines is 1. The minimum atomic E-state index is 0.0289. The van der Waals surface area contributed by atoms with Crippen molar-refractivity contribution in [1.82, 2.24) is 25.5 Å². The molecular weight excluding hydrogens is 344 g/mol. The summed E-state index contributed by atoms with van der Waals surface area (Å²) in [6.45, 7) is 2.11. The van der Waals surface area contributed by atoms with E-state index in [2.05, 4.69) is 30.4 Å². The highest BCUT2D eigenvalue weighted by atomic mass is 16.5. The van der Waals surface area contributed by atoms with E-state index in [0.717, 1.165) is 54.1 Å². The average Bonchev–Trinajstić information content (AvgIpc) is 3.21. The first kappa shape index (κ1) is 17.3. The lowest BCUT2D eigenvalue weighted by Crippen LogP contribution is -2.40. The number of fused-ring (bicyclic) bond motifs is 1. The van der Waals surface area contributed by atoms with E-state index < -0.39 is 0 Å². The van der Waals surface area contributed by atoms with E-state index in [0.29, 0.717) is 6.54 Å². The maximum atomic E-state index is 12.5. The van der Waals surface area contributed by atoms with Gasteiger partial charge in [0, 0.05) is 25.6 Å². The van der Waals surface area contributed by atoms with Crippen molar-refractivity contribution >= 4 is 22.8 Å². The number of nitrogens with one attached hydrogen (secondary N) is 2. The lowest BCUT2D eigenvalue weighted by molar-refractivity contribution is -0.125. The first-order valence-corrected chi connectivity index (χ1v) is 9.04. The van der Waals surface area contributed by atoms with E-state index in [-0.39, 0.29) is 11.8 Å². The molecule has 1 aliphatic rings. The molecule has 3 heterocycles. The minimum Gasteiger partial charge on any atom is -0.497 e. The molecule has 27 heavy (non-hydrogen) atoms. The molecule has 0 saturated carbocycles. The Kier molecular flexibility index (Phi) is 4.86. The Hall–Kier alpha value is -3.16. The Balaban J connectivity index is 1.32. The van der Waals surface area contributed by atoms with Crippen molar-refractivity contribution < 1.29 is 9.53 Å². The van der Waals surface area contributed by atoms with E-state index in [9.17, 15) is 4.79 Å². The summed E-state index contributed by atoms with van der Waals surface area (Å²) >= 11 is 0. The smallest absolute Gasteiger partial charge is 0.223 e. The van der Waals surface area contributed by atoms with E-state index in [1.807, 2.05) is 24.3 Å². The maximum absolute atomic E-state index is 12.5. The molecule has 0 bridgehead atoms. The molecular formula is C19H22N6O2. The van der Waals surface area contributed by atoms with Crippen LogP contribution in [-0.4, -0.2) is 46.3 Å². The van der Waals surface area contributed by atoms with Gasteiger partial charge < -0.3 is 15.0 Å². The predicted molar refractivity (Wildman–Crippen MR) is 101 cm³/mol. The number of methoxy groups -OCH3 is 1. The summed E-state index contributed by atoms with van der Waals surface area (Å²) in [5.74, 6) is 1.84. The van der Waals surface area contributed by atoms with Crippen molar-refractivity contribution in [1.29, 1.82) is 0 Å². The van der Waals surface area contributed by atoms with Gasteiger partial charge in [0.25, 0.3) is 0 Å². The van der Waals surface area contributed by atoms with Crippen LogP contribution in [-0.2, 0) is 11.3 Å². The Morgan fingerprint density at radius 1 is 1.26 bits per heavy atom. The molecule has 2 N–H and O–H groups in total. The van der Waals surface area contributed by atoms with Gasteiger partial charge >= 0.3 is 0 Å². The van der Waals surface area contributed by atoms with Gasteiger partial charge in [-0.25, -0.2) is 9.97 Å². The molecule has 0 radical (unpaired) electrons. The van der Waals surface area contributed by atoms with Gasteiger partial charge in [-0.15, -0.1) is 0 Å². The molecule has 0 spiro atoms. The topological polar surface area (TPSA) is 96.0 Å². The van der Waals surface area contributed by atoms with Crippen LogP contribution in [0.2, 0.25) is 0 Å². The molecule has 1 amide bonds. The summed E-state index contributed by atoms with van der Waals surface area (Å²) in [7, 11) is 1.64. The van der Waals surface area contributed by atoms with Crippen molar-refractivity contribution in [2.45, 2.75) is 19.4 Å². The van der Waals surface area contributed by atoms with Crippen molar-refractivity contribution in [2.75, 3.05) is 25.1 Å². The SMILES string of the molecule is COc1ccc(CNC(=O)C2CCN(c3ncnc4[nH]ncc34)CC2)cc1. The summed E-state index contributed by atoms with van der Waals surface area (Å²) < 4.78 is 5.15. The lowest BCUT2D eigenvalue weighted by Gasteiger charge is -2.32. The largest absolute Gasteiger partial charge is 0.497 e. The minimum absolute atomic E-state index is 0.0289. The molecule has 3 aromatic rings. The number of anilines is 1. The maximum Gasteiger partial charge on any atom is 0.223 e. The van der Waals surface area contributed by atoms with Crippen molar-refractivity contribution in [3.05, 3.63) is 42.4 Å². The molecule has 1 saturated heterocycles. The second-order valence-corrected chi connectivity index (χ2v) is 6.66. The third kappa shape index (κ3) is 3.69. The number of hydrogen-bond donors (Lipinski definition) is 2. The monoisotopic (exact) mass is 366 g/mol.